The molecule has 2 aromatic rings. The third-order valence-corrected chi connectivity index (χ3v) is 5.49. The molecular formula is C21H24N2O. The third kappa shape index (κ3) is 2.53. The third-order valence-electron chi connectivity index (χ3n) is 5.49. The minimum atomic E-state index is 0.208. The summed E-state index contributed by atoms with van der Waals surface area (Å²) in [5.74, 6) is 0.208. The number of anilines is 1. The Hall–Kier alpha value is -2.13. The van der Waals surface area contributed by atoms with Gasteiger partial charge in [-0.3, -0.25) is 9.69 Å². The number of fused-ring (bicyclic) bond motifs is 2. The highest BCUT2D eigenvalue weighted by Gasteiger charge is 2.33. The summed E-state index contributed by atoms with van der Waals surface area (Å²) in [6, 6.07) is 17.5. The molecule has 1 aliphatic heterocycles. The van der Waals surface area contributed by atoms with E-state index in [0.29, 0.717) is 12.6 Å². The van der Waals surface area contributed by atoms with Crippen LogP contribution >= 0.6 is 0 Å². The topological polar surface area (TPSA) is 23.6 Å². The maximum Gasteiger partial charge on any atom is 0.241 e. The second-order valence-electron chi connectivity index (χ2n) is 7.11. The monoisotopic (exact) mass is 320 g/mol. The lowest BCUT2D eigenvalue weighted by Crippen LogP contribution is -2.42. The Morgan fingerprint density at radius 3 is 2.67 bits per heavy atom. The van der Waals surface area contributed by atoms with E-state index >= 15 is 0 Å². The van der Waals surface area contributed by atoms with Crippen LogP contribution in [0, 0.1) is 0 Å². The van der Waals surface area contributed by atoms with E-state index in [1.54, 1.807) is 0 Å². The molecule has 124 valence electrons. The van der Waals surface area contributed by atoms with Crippen molar-refractivity contribution in [1.29, 1.82) is 0 Å². The Kier molecular flexibility index (Phi) is 3.89. The quantitative estimate of drug-likeness (QED) is 0.863. The summed E-state index contributed by atoms with van der Waals surface area (Å²) in [5, 5.41) is 0. The van der Waals surface area contributed by atoms with Crippen LogP contribution in [0.15, 0.2) is 48.5 Å². The van der Waals surface area contributed by atoms with E-state index < -0.39 is 0 Å². The highest BCUT2D eigenvalue weighted by atomic mass is 16.2. The van der Waals surface area contributed by atoms with Crippen LogP contribution in [-0.4, -0.2) is 30.4 Å². The number of rotatable bonds is 3. The molecule has 1 aliphatic carbocycles. The molecule has 0 radical (unpaired) electrons. The second kappa shape index (κ2) is 6.06. The van der Waals surface area contributed by atoms with Gasteiger partial charge in [-0.1, -0.05) is 42.5 Å². The van der Waals surface area contributed by atoms with Crippen molar-refractivity contribution in [3.8, 4) is 0 Å². The summed E-state index contributed by atoms with van der Waals surface area (Å²) in [4.78, 5) is 17.2. The number of nitrogens with zero attached hydrogens (tertiary/aromatic N) is 2. The van der Waals surface area contributed by atoms with Gasteiger partial charge < -0.3 is 4.90 Å². The average Bonchev–Trinajstić information content (AvgIpc) is 3.14. The number of para-hydroxylation sites is 1. The number of hydrogen-bond acceptors (Lipinski definition) is 2. The van der Waals surface area contributed by atoms with Crippen molar-refractivity contribution >= 4 is 11.6 Å². The normalized spacial score (nSPS) is 21.9. The molecule has 24 heavy (non-hydrogen) atoms. The zero-order valence-electron chi connectivity index (χ0n) is 14.4. The van der Waals surface area contributed by atoms with Gasteiger partial charge in [0, 0.05) is 17.8 Å². The van der Waals surface area contributed by atoms with Gasteiger partial charge in [0.1, 0.15) is 0 Å². The zero-order chi connectivity index (χ0) is 16.7. The van der Waals surface area contributed by atoms with Crippen LogP contribution < -0.4 is 4.90 Å². The number of benzene rings is 2. The predicted octanol–water partition coefficient (Wildman–Crippen LogP) is 3.58. The van der Waals surface area contributed by atoms with Crippen molar-refractivity contribution < 1.29 is 4.79 Å². The van der Waals surface area contributed by atoms with Gasteiger partial charge in [-0.25, -0.2) is 0 Å². The fraction of sp³-hybridized carbons (Fsp3) is 0.381. The molecule has 2 atom stereocenters. The molecular weight excluding hydrogens is 296 g/mol. The Labute approximate surface area is 143 Å². The number of carbonyl (C=O) groups is 1. The average molecular weight is 320 g/mol. The predicted molar refractivity (Wildman–Crippen MR) is 97.2 cm³/mol. The summed E-state index contributed by atoms with van der Waals surface area (Å²) < 4.78 is 0. The summed E-state index contributed by atoms with van der Waals surface area (Å²) in [6.45, 7) is 2.61. The van der Waals surface area contributed by atoms with Crippen LogP contribution in [0.3, 0.4) is 0 Å². The van der Waals surface area contributed by atoms with Crippen molar-refractivity contribution in [2.75, 3.05) is 18.5 Å². The summed E-state index contributed by atoms with van der Waals surface area (Å²) in [7, 11) is 2.08. The van der Waals surface area contributed by atoms with Crippen LogP contribution in [0.2, 0.25) is 0 Å². The number of likely N-dealkylation sites (N-methyl/N-ethyl adjacent to an activating group) is 1. The molecule has 3 heteroatoms. The molecule has 3 nitrogen and oxygen atoms in total. The van der Waals surface area contributed by atoms with Gasteiger partial charge in [-0.15, -0.1) is 0 Å². The van der Waals surface area contributed by atoms with Crippen LogP contribution in [0.25, 0.3) is 0 Å². The van der Waals surface area contributed by atoms with Gasteiger partial charge in [0.2, 0.25) is 5.91 Å². The molecule has 0 aromatic heterocycles. The van der Waals surface area contributed by atoms with E-state index in [2.05, 4.69) is 61.3 Å². The maximum atomic E-state index is 13.0. The SMILES string of the molecule is C[C@H]1Cc2ccccc2N1C(=O)CN(C)[C@H]1CCc2ccccc21. The minimum Gasteiger partial charge on any atom is -0.308 e. The van der Waals surface area contributed by atoms with Gasteiger partial charge in [-0.05, 0) is 56.0 Å². The molecule has 4 rings (SSSR count). The van der Waals surface area contributed by atoms with Gasteiger partial charge in [-0.2, -0.15) is 0 Å². The van der Waals surface area contributed by atoms with E-state index in [1.165, 1.54) is 16.7 Å². The first-order chi connectivity index (χ1) is 11.6. The molecule has 0 saturated heterocycles. The molecule has 2 aromatic carbocycles. The molecule has 0 spiro atoms. The van der Waals surface area contributed by atoms with E-state index in [4.69, 9.17) is 0 Å². The Morgan fingerprint density at radius 1 is 1.12 bits per heavy atom. The van der Waals surface area contributed by atoms with Crippen LogP contribution in [0.5, 0.6) is 0 Å². The molecule has 0 fully saturated rings. The highest BCUT2D eigenvalue weighted by Crippen LogP contribution is 2.36. The standard InChI is InChI=1S/C21H24N2O/c1-15-13-17-8-4-6-10-19(17)23(15)21(24)14-22(2)20-12-11-16-7-3-5-9-18(16)20/h3-10,15,20H,11-14H2,1-2H3/t15-,20-/m0/s1. The molecule has 1 amide bonds. The summed E-state index contributed by atoms with van der Waals surface area (Å²) >= 11 is 0. The lowest BCUT2D eigenvalue weighted by molar-refractivity contribution is -0.120. The molecule has 0 unspecified atom stereocenters. The number of hydrogen-bond donors (Lipinski definition) is 0. The Morgan fingerprint density at radius 2 is 1.83 bits per heavy atom. The van der Waals surface area contributed by atoms with Crippen molar-refractivity contribution in [3.63, 3.8) is 0 Å². The first-order valence-corrected chi connectivity index (χ1v) is 8.83. The van der Waals surface area contributed by atoms with E-state index in [9.17, 15) is 4.79 Å². The van der Waals surface area contributed by atoms with E-state index in [-0.39, 0.29) is 11.9 Å². The van der Waals surface area contributed by atoms with Crippen LogP contribution in [0.1, 0.15) is 36.1 Å². The summed E-state index contributed by atoms with van der Waals surface area (Å²) in [6.07, 6.45) is 3.18. The maximum absolute atomic E-state index is 13.0. The lowest BCUT2D eigenvalue weighted by Gasteiger charge is -2.29. The first-order valence-electron chi connectivity index (χ1n) is 8.83. The Balaban J connectivity index is 1.51. The van der Waals surface area contributed by atoms with Gasteiger partial charge in [0.25, 0.3) is 0 Å². The highest BCUT2D eigenvalue weighted by molar-refractivity contribution is 5.97. The number of carbonyl (C=O) groups excluding carboxylic acids is 1. The van der Waals surface area contributed by atoms with Crippen molar-refractivity contribution in [1.82, 2.24) is 4.90 Å². The second-order valence-corrected chi connectivity index (χ2v) is 7.11. The van der Waals surface area contributed by atoms with Crippen molar-refractivity contribution in [3.05, 3.63) is 65.2 Å². The zero-order valence-corrected chi connectivity index (χ0v) is 14.4. The first kappa shape index (κ1) is 15.4. The van der Waals surface area contributed by atoms with Crippen LogP contribution in [-0.2, 0) is 17.6 Å². The molecule has 0 N–H and O–H groups in total. The minimum absolute atomic E-state index is 0.208. The van der Waals surface area contributed by atoms with Gasteiger partial charge >= 0.3 is 0 Å². The number of amides is 1. The molecule has 2 aliphatic rings. The van der Waals surface area contributed by atoms with E-state index in [1.807, 2.05) is 11.0 Å². The molecule has 0 bridgehead atoms. The van der Waals surface area contributed by atoms with Gasteiger partial charge in [0.15, 0.2) is 0 Å². The molecule has 0 saturated carbocycles. The fourth-order valence-electron chi connectivity index (χ4n) is 4.34. The van der Waals surface area contributed by atoms with Crippen LogP contribution in [0.4, 0.5) is 5.69 Å². The van der Waals surface area contributed by atoms with Crippen molar-refractivity contribution in [2.24, 2.45) is 0 Å². The lowest BCUT2D eigenvalue weighted by atomic mass is 10.1. The largest absolute Gasteiger partial charge is 0.308 e. The van der Waals surface area contributed by atoms with E-state index in [0.717, 1.165) is 24.9 Å². The van der Waals surface area contributed by atoms with Crippen molar-refractivity contribution in [2.45, 2.75) is 38.3 Å². The smallest absolute Gasteiger partial charge is 0.241 e. The summed E-state index contributed by atoms with van der Waals surface area (Å²) in [5.41, 5.74) is 5.20. The van der Waals surface area contributed by atoms with Gasteiger partial charge in [0.05, 0.1) is 6.54 Å². The molecule has 1 heterocycles. The number of aryl methyl sites for hydroxylation is 1. The fourth-order valence-corrected chi connectivity index (χ4v) is 4.34. The Bertz CT molecular complexity index is 770.